The molecule has 0 aromatic heterocycles. The number of hydrogen-bond acceptors (Lipinski definition) is 4. The smallest absolute Gasteiger partial charge is 0.335 e. The Morgan fingerprint density at radius 2 is 1.73 bits per heavy atom. The summed E-state index contributed by atoms with van der Waals surface area (Å²) in [6.45, 7) is 1.14. The summed E-state index contributed by atoms with van der Waals surface area (Å²) in [6.07, 6.45) is 0. The van der Waals surface area contributed by atoms with Gasteiger partial charge in [0.1, 0.15) is 5.82 Å². The van der Waals surface area contributed by atoms with Crippen LogP contribution in [0.1, 0.15) is 28.9 Å². The molecule has 1 atom stereocenters. The number of nitrogens with zero attached hydrogens (tertiary/aromatic N) is 1. The van der Waals surface area contributed by atoms with Gasteiger partial charge in [-0.3, -0.25) is 14.5 Å². The minimum Gasteiger partial charge on any atom is -0.868 e. The molecule has 1 N–H and O–H groups in total. The summed E-state index contributed by atoms with van der Waals surface area (Å²) in [6, 6.07) is 9.56. The van der Waals surface area contributed by atoms with Gasteiger partial charge < -0.3 is 10.2 Å². The highest BCUT2D eigenvalue weighted by Gasteiger charge is 2.40. The average Bonchev–Trinajstić information content (AvgIpc) is 2.87. The van der Waals surface area contributed by atoms with Crippen LogP contribution in [0.25, 0.3) is 0 Å². The highest BCUT2D eigenvalue weighted by Crippen LogP contribution is 2.40. The third-order valence-corrected chi connectivity index (χ3v) is 4.16. The van der Waals surface area contributed by atoms with Crippen molar-refractivity contribution < 1.29 is 29.0 Å². The van der Waals surface area contributed by atoms with Crippen LogP contribution < -0.4 is 10.0 Å². The van der Waals surface area contributed by atoms with Crippen LogP contribution in [-0.2, 0) is 9.59 Å². The topological polar surface area (TPSA) is 97.7 Å². The summed E-state index contributed by atoms with van der Waals surface area (Å²) in [5.41, 5.74) is -0.121. The molecule has 0 unspecified atom stereocenters. The first-order valence-corrected chi connectivity index (χ1v) is 7.66. The maximum atomic E-state index is 14.3. The number of carboxylic acids is 1. The lowest BCUT2D eigenvalue weighted by atomic mass is 9.96. The molecule has 0 bridgehead atoms. The molecule has 2 aromatic rings. The fraction of sp³-hybridized carbons (Fsp3) is 0.105. The van der Waals surface area contributed by atoms with E-state index in [1.54, 1.807) is 0 Å². The lowest BCUT2D eigenvalue weighted by molar-refractivity contribution is -0.298. The Hall–Kier alpha value is -3.48. The van der Waals surface area contributed by atoms with Gasteiger partial charge in [-0.05, 0) is 43.0 Å². The Kier molecular flexibility index (Phi) is 4.29. The summed E-state index contributed by atoms with van der Waals surface area (Å²) >= 11 is 0. The van der Waals surface area contributed by atoms with Crippen LogP contribution in [-0.4, -0.2) is 22.8 Å². The Balaban J connectivity index is 2.17. The van der Waals surface area contributed by atoms with Crippen molar-refractivity contribution >= 4 is 23.3 Å². The number of carbonyl (C=O) groups excluding carboxylic acids is 2. The molecule has 0 spiro atoms. The number of amides is 1. The molecular formula is C19H13FNO5-. The lowest BCUT2D eigenvalue weighted by Gasteiger charge is -2.28. The molecule has 6 nitrogen and oxygen atoms in total. The van der Waals surface area contributed by atoms with E-state index in [0.29, 0.717) is 0 Å². The summed E-state index contributed by atoms with van der Waals surface area (Å²) < 4.78 is 14.3. The van der Waals surface area contributed by atoms with Gasteiger partial charge in [0, 0.05) is 16.8 Å². The summed E-state index contributed by atoms with van der Waals surface area (Å²) in [7, 11) is 0. The molecule has 7 heteroatoms. The van der Waals surface area contributed by atoms with Gasteiger partial charge >= 0.3 is 5.97 Å². The van der Waals surface area contributed by atoms with E-state index in [9.17, 15) is 23.9 Å². The van der Waals surface area contributed by atoms with E-state index in [1.807, 2.05) is 0 Å². The Morgan fingerprint density at radius 3 is 2.27 bits per heavy atom. The molecule has 26 heavy (non-hydrogen) atoms. The second-order valence-electron chi connectivity index (χ2n) is 5.75. The first kappa shape index (κ1) is 17.3. The Bertz CT molecular complexity index is 949. The standard InChI is InChI=1S/C19H14FNO5/c1-10(22)15-16(13-4-2-3-5-14(13)20)21(18(24)17(15)23)12-8-6-11(7-9-12)19(25)26/h2-9,16,23H,1H3,(H,25,26)/p-1/t16-/m0/s1. The minimum absolute atomic E-state index is 0.00932. The fourth-order valence-corrected chi connectivity index (χ4v) is 2.97. The largest absolute Gasteiger partial charge is 0.868 e. The van der Waals surface area contributed by atoms with Gasteiger partial charge in [0.2, 0.25) is 5.91 Å². The number of ketones is 1. The van der Waals surface area contributed by atoms with E-state index < -0.39 is 35.3 Å². The first-order valence-electron chi connectivity index (χ1n) is 7.66. The van der Waals surface area contributed by atoms with Gasteiger partial charge in [-0.25, -0.2) is 9.18 Å². The van der Waals surface area contributed by atoms with E-state index in [1.165, 1.54) is 48.5 Å². The molecule has 0 saturated heterocycles. The fourth-order valence-electron chi connectivity index (χ4n) is 2.97. The number of hydrogen-bond donors (Lipinski definition) is 1. The number of carbonyl (C=O) groups is 3. The molecule has 3 rings (SSSR count). The Labute approximate surface area is 147 Å². The van der Waals surface area contributed by atoms with Crippen LogP contribution in [0.15, 0.2) is 59.9 Å². The van der Waals surface area contributed by atoms with Crippen LogP contribution >= 0.6 is 0 Å². The molecule has 1 heterocycles. The van der Waals surface area contributed by atoms with Crippen LogP contribution in [0.4, 0.5) is 10.1 Å². The van der Waals surface area contributed by atoms with Crippen LogP contribution in [0.2, 0.25) is 0 Å². The molecule has 132 valence electrons. The van der Waals surface area contributed by atoms with Crippen molar-refractivity contribution in [2.45, 2.75) is 13.0 Å². The summed E-state index contributed by atoms with van der Waals surface area (Å²) in [4.78, 5) is 36.5. The number of benzene rings is 2. The second kappa shape index (κ2) is 6.44. The van der Waals surface area contributed by atoms with Gasteiger partial charge in [-0.15, -0.1) is 0 Å². The van der Waals surface area contributed by atoms with Crippen molar-refractivity contribution in [3.05, 3.63) is 76.8 Å². The second-order valence-corrected chi connectivity index (χ2v) is 5.75. The van der Waals surface area contributed by atoms with Crippen LogP contribution in [0.5, 0.6) is 0 Å². The molecule has 1 aliphatic heterocycles. The van der Waals surface area contributed by atoms with Gasteiger partial charge in [0.15, 0.2) is 5.78 Å². The van der Waals surface area contributed by atoms with E-state index in [2.05, 4.69) is 0 Å². The molecular weight excluding hydrogens is 341 g/mol. The Morgan fingerprint density at radius 1 is 1.12 bits per heavy atom. The maximum absolute atomic E-state index is 14.3. The highest BCUT2D eigenvalue weighted by molar-refractivity contribution is 6.15. The van der Waals surface area contributed by atoms with E-state index in [-0.39, 0.29) is 22.4 Å². The SMILES string of the molecule is CC(=O)C1=C([O-])C(=O)N(c2ccc(C(=O)O)cc2)[C@H]1c1ccccc1F. The molecule has 1 amide bonds. The summed E-state index contributed by atoms with van der Waals surface area (Å²) in [5.74, 6) is -4.39. The van der Waals surface area contributed by atoms with E-state index >= 15 is 0 Å². The molecule has 1 aliphatic rings. The molecule has 0 saturated carbocycles. The molecule has 0 fully saturated rings. The predicted octanol–water partition coefficient (Wildman–Crippen LogP) is 1.82. The number of anilines is 1. The van der Waals surface area contributed by atoms with E-state index in [0.717, 1.165) is 11.8 Å². The zero-order valence-corrected chi connectivity index (χ0v) is 13.6. The van der Waals surface area contributed by atoms with Gasteiger partial charge in [0.05, 0.1) is 11.6 Å². The van der Waals surface area contributed by atoms with Crippen LogP contribution in [0, 0.1) is 5.82 Å². The maximum Gasteiger partial charge on any atom is 0.335 e. The van der Waals surface area contributed by atoms with Crippen molar-refractivity contribution in [3.63, 3.8) is 0 Å². The summed E-state index contributed by atoms with van der Waals surface area (Å²) in [5, 5.41) is 21.3. The van der Waals surface area contributed by atoms with E-state index in [4.69, 9.17) is 5.11 Å². The zero-order chi connectivity index (χ0) is 19.0. The number of carboxylic acid groups (broad SMARTS) is 1. The monoisotopic (exact) mass is 354 g/mol. The number of halogens is 1. The van der Waals surface area contributed by atoms with Crippen molar-refractivity contribution in [2.75, 3.05) is 4.90 Å². The number of Topliss-reactive ketones (excluding diaryl/α,β-unsaturated/α-hetero) is 1. The normalized spacial score (nSPS) is 16.9. The van der Waals surface area contributed by atoms with Crippen molar-refractivity contribution in [1.29, 1.82) is 0 Å². The highest BCUT2D eigenvalue weighted by atomic mass is 19.1. The molecule has 0 aliphatic carbocycles. The predicted molar refractivity (Wildman–Crippen MR) is 87.7 cm³/mol. The third-order valence-electron chi connectivity index (χ3n) is 4.16. The average molecular weight is 354 g/mol. The van der Waals surface area contributed by atoms with Crippen LogP contribution in [0.3, 0.4) is 0 Å². The molecule has 2 aromatic carbocycles. The van der Waals surface area contributed by atoms with Gasteiger partial charge in [0.25, 0.3) is 0 Å². The van der Waals surface area contributed by atoms with Gasteiger partial charge in [-0.2, -0.15) is 0 Å². The van der Waals surface area contributed by atoms with Crippen molar-refractivity contribution in [2.24, 2.45) is 0 Å². The lowest BCUT2D eigenvalue weighted by Crippen LogP contribution is -2.32. The number of aromatic carboxylic acids is 1. The quantitative estimate of drug-likeness (QED) is 0.903. The minimum atomic E-state index is -1.20. The zero-order valence-electron chi connectivity index (χ0n) is 13.6. The number of rotatable bonds is 4. The molecule has 0 radical (unpaired) electrons. The third kappa shape index (κ3) is 2.73. The van der Waals surface area contributed by atoms with Gasteiger partial charge in [-0.1, -0.05) is 18.2 Å². The first-order chi connectivity index (χ1) is 12.3. The van der Waals surface area contributed by atoms with Crippen molar-refractivity contribution in [1.82, 2.24) is 0 Å². The van der Waals surface area contributed by atoms with Crippen molar-refractivity contribution in [3.8, 4) is 0 Å².